The van der Waals surface area contributed by atoms with E-state index in [9.17, 15) is 4.79 Å². The molecular weight excluding hydrogens is 286 g/mol. The number of piperazine rings is 1. The molecule has 2 heterocycles. The van der Waals surface area contributed by atoms with Crippen molar-refractivity contribution in [3.05, 3.63) is 24.4 Å². The summed E-state index contributed by atoms with van der Waals surface area (Å²) in [7, 11) is 1.95. The molecule has 3 rings (SSSR count). The molecule has 0 saturated carbocycles. The maximum Gasteiger partial charge on any atom is 0.236 e. The second-order valence-electron chi connectivity index (χ2n) is 5.06. The first-order chi connectivity index (χ1) is 10.2. The number of aromatic nitrogens is 2. The lowest BCUT2D eigenvalue weighted by atomic mass is 10.2. The quantitative estimate of drug-likeness (QED) is 0.845. The standard InChI is InChI=1S/C14H19N5OS/c1-17-12-3-2-4-13(11(12)10-16-17)21-19-7-5-18(6-8-19)14(20)9-15/h2-4,10H,5-9,15H2,1H3. The molecule has 2 N–H and O–H groups in total. The van der Waals surface area contributed by atoms with Crippen molar-refractivity contribution in [3.8, 4) is 0 Å². The van der Waals surface area contributed by atoms with E-state index in [4.69, 9.17) is 5.73 Å². The molecule has 0 spiro atoms. The second kappa shape index (κ2) is 6.05. The molecule has 6 nitrogen and oxygen atoms in total. The number of hydrogen-bond donors (Lipinski definition) is 1. The fourth-order valence-corrected chi connectivity index (χ4v) is 3.55. The Labute approximate surface area is 128 Å². The van der Waals surface area contributed by atoms with Gasteiger partial charge in [-0.3, -0.25) is 9.48 Å². The molecule has 1 aliphatic rings. The molecule has 0 atom stereocenters. The Balaban J connectivity index is 1.68. The van der Waals surface area contributed by atoms with Crippen molar-refractivity contribution in [2.24, 2.45) is 12.8 Å². The predicted molar refractivity (Wildman–Crippen MR) is 83.8 cm³/mol. The Morgan fingerprint density at radius 1 is 1.33 bits per heavy atom. The number of carbonyl (C=O) groups is 1. The highest BCUT2D eigenvalue weighted by molar-refractivity contribution is 7.97. The first kappa shape index (κ1) is 14.4. The van der Waals surface area contributed by atoms with Crippen molar-refractivity contribution >= 4 is 28.8 Å². The van der Waals surface area contributed by atoms with Crippen LogP contribution in [0.25, 0.3) is 10.9 Å². The minimum Gasteiger partial charge on any atom is -0.339 e. The van der Waals surface area contributed by atoms with Crippen LogP contribution in [0.5, 0.6) is 0 Å². The lowest BCUT2D eigenvalue weighted by molar-refractivity contribution is -0.130. The zero-order valence-electron chi connectivity index (χ0n) is 12.0. The fourth-order valence-electron chi connectivity index (χ4n) is 2.53. The van der Waals surface area contributed by atoms with E-state index >= 15 is 0 Å². The third-order valence-electron chi connectivity index (χ3n) is 3.75. The zero-order valence-corrected chi connectivity index (χ0v) is 12.8. The van der Waals surface area contributed by atoms with E-state index in [0.717, 1.165) is 31.7 Å². The van der Waals surface area contributed by atoms with Crippen molar-refractivity contribution in [2.75, 3.05) is 32.7 Å². The smallest absolute Gasteiger partial charge is 0.236 e. The number of hydrogen-bond acceptors (Lipinski definition) is 5. The van der Waals surface area contributed by atoms with Crippen LogP contribution in [0.3, 0.4) is 0 Å². The van der Waals surface area contributed by atoms with E-state index in [0.29, 0.717) is 0 Å². The number of amides is 1. The SMILES string of the molecule is Cn1ncc2c(SN3CCN(C(=O)CN)CC3)cccc21. The van der Waals surface area contributed by atoms with Crippen molar-refractivity contribution in [2.45, 2.75) is 4.90 Å². The van der Waals surface area contributed by atoms with Gasteiger partial charge < -0.3 is 10.6 Å². The van der Waals surface area contributed by atoms with Gasteiger partial charge in [0.15, 0.2) is 0 Å². The van der Waals surface area contributed by atoms with Crippen molar-refractivity contribution < 1.29 is 4.79 Å². The molecule has 1 amide bonds. The summed E-state index contributed by atoms with van der Waals surface area (Å²) in [5, 5.41) is 5.49. The predicted octanol–water partition coefficient (Wildman–Crippen LogP) is 0.683. The highest BCUT2D eigenvalue weighted by Crippen LogP contribution is 2.30. The van der Waals surface area contributed by atoms with E-state index in [-0.39, 0.29) is 12.5 Å². The van der Waals surface area contributed by atoms with Crippen LogP contribution in [-0.2, 0) is 11.8 Å². The summed E-state index contributed by atoms with van der Waals surface area (Å²) in [5.41, 5.74) is 6.54. The minimum absolute atomic E-state index is 0.0361. The lowest BCUT2D eigenvalue weighted by Gasteiger charge is -2.33. The number of nitrogens with two attached hydrogens (primary N) is 1. The number of aryl methyl sites for hydroxylation is 1. The van der Waals surface area contributed by atoms with Gasteiger partial charge in [-0.1, -0.05) is 6.07 Å². The van der Waals surface area contributed by atoms with Crippen LogP contribution in [0, 0.1) is 0 Å². The van der Waals surface area contributed by atoms with Gasteiger partial charge in [0.05, 0.1) is 18.3 Å². The van der Waals surface area contributed by atoms with Crippen molar-refractivity contribution in [3.63, 3.8) is 0 Å². The number of fused-ring (bicyclic) bond motifs is 1. The van der Waals surface area contributed by atoms with E-state index in [2.05, 4.69) is 27.6 Å². The number of rotatable bonds is 3. The summed E-state index contributed by atoms with van der Waals surface area (Å²) in [5.74, 6) is 0.0361. The number of benzene rings is 1. The summed E-state index contributed by atoms with van der Waals surface area (Å²) in [6.07, 6.45) is 1.91. The molecule has 1 aliphatic heterocycles. The highest BCUT2D eigenvalue weighted by atomic mass is 32.2. The zero-order chi connectivity index (χ0) is 14.8. The molecule has 1 fully saturated rings. The molecule has 1 aromatic carbocycles. The Bertz CT molecular complexity index is 648. The summed E-state index contributed by atoms with van der Waals surface area (Å²) < 4.78 is 4.18. The molecule has 112 valence electrons. The van der Waals surface area contributed by atoms with Gasteiger partial charge in [0.1, 0.15) is 0 Å². The Morgan fingerprint density at radius 3 is 2.81 bits per heavy atom. The molecule has 0 unspecified atom stereocenters. The van der Waals surface area contributed by atoms with Crippen LogP contribution in [0.4, 0.5) is 0 Å². The number of carbonyl (C=O) groups excluding carboxylic acids is 1. The van der Waals surface area contributed by atoms with Gasteiger partial charge in [-0.15, -0.1) is 0 Å². The van der Waals surface area contributed by atoms with Crippen LogP contribution >= 0.6 is 11.9 Å². The molecular formula is C14H19N5OS. The largest absolute Gasteiger partial charge is 0.339 e. The second-order valence-corrected chi connectivity index (χ2v) is 6.20. The third kappa shape index (κ3) is 2.90. The molecule has 0 bridgehead atoms. The van der Waals surface area contributed by atoms with Gasteiger partial charge in [-0.2, -0.15) is 5.10 Å². The summed E-state index contributed by atoms with van der Waals surface area (Å²) >= 11 is 1.74. The first-order valence-electron chi connectivity index (χ1n) is 7.00. The Morgan fingerprint density at radius 2 is 2.10 bits per heavy atom. The number of nitrogens with zero attached hydrogens (tertiary/aromatic N) is 4. The van der Waals surface area contributed by atoms with Crippen LogP contribution < -0.4 is 5.73 Å². The van der Waals surface area contributed by atoms with Gasteiger partial charge in [0.25, 0.3) is 0 Å². The molecule has 0 radical (unpaired) electrons. The van der Waals surface area contributed by atoms with Gasteiger partial charge in [0, 0.05) is 43.5 Å². The molecule has 1 saturated heterocycles. The molecule has 2 aromatic rings. The molecule has 7 heteroatoms. The van der Waals surface area contributed by atoms with Gasteiger partial charge in [-0.25, -0.2) is 4.31 Å². The minimum atomic E-state index is 0.0361. The monoisotopic (exact) mass is 305 g/mol. The van der Waals surface area contributed by atoms with E-state index in [1.165, 1.54) is 10.3 Å². The topological polar surface area (TPSA) is 67.4 Å². The fraction of sp³-hybridized carbons (Fsp3) is 0.429. The van der Waals surface area contributed by atoms with Crippen molar-refractivity contribution in [1.82, 2.24) is 19.0 Å². The van der Waals surface area contributed by atoms with Crippen molar-refractivity contribution in [1.29, 1.82) is 0 Å². The third-order valence-corrected chi connectivity index (χ3v) is 4.92. The Kier molecular flexibility index (Phi) is 4.14. The van der Waals surface area contributed by atoms with E-state index in [1.807, 2.05) is 22.8 Å². The van der Waals surface area contributed by atoms with Gasteiger partial charge in [-0.05, 0) is 24.1 Å². The summed E-state index contributed by atoms with van der Waals surface area (Å²) in [6.45, 7) is 3.29. The maximum absolute atomic E-state index is 11.6. The average molecular weight is 305 g/mol. The average Bonchev–Trinajstić information content (AvgIpc) is 2.90. The Hall–Kier alpha value is -1.57. The normalized spacial score (nSPS) is 16.6. The molecule has 1 aromatic heterocycles. The lowest BCUT2D eigenvalue weighted by Crippen LogP contribution is -2.48. The highest BCUT2D eigenvalue weighted by Gasteiger charge is 2.21. The van der Waals surface area contributed by atoms with E-state index in [1.54, 1.807) is 11.9 Å². The van der Waals surface area contributed by atoms with Gasteiger partial charge in [0.2, 0.25) is 5.91 Å². The summed E-state index contributed by atoms with van der Waals surface area (Å²) in [6, 6.07) is 6.25. The van der Waals surface area contributed by atoms with Crippen LogP contribution in [0.2, 0.25) is 0 Å². The maximum atomic E-state index is 11.6. The van der Waals surface area contributed by atoms with Crippen LogP contribution in [0.15, 0.2) is 29.3 Å². The van der Waals surface area contributed by atoms with Crippen LogP contribution in [0.1, 0.15) is 0 Å². The van der Waals surface area contributed by atoms with Crippen LogP contribution in [-0.4, -0.2) is 57.6 Å². The van der Waals surface area contributed by atoms with Gasteiger partial charge >= 0.3 is 0 Å². The molecule has 21 heavy (non-hydrogen) atoms. The molecule has 0 aliphatic carbocycles. The summed E-state index contributed by atoms with van der Waals surface area (Å²) in [4.78, 5) is 14.6. The van der Waals surface area contributed by atoms with E-state index < -0.39 is 0 Å². The first-order valence-corrected chi connectivity index (χ1v) is 7.78.